The second-order valence-corrected chi connectivity index (χ2v) is 11.9. The normalized spacial score (nSPS) is 25.8. The number of piperidine rings is 1. The Bertz CT molecular complexity index is 968. The van der Waals surface area contributed by atoms with E-state index >= 15 is 0 Å². The van der Waals surface area contributed by atoms with Crippen LogP contribution in [0.3, 0.4) is 0 Å². The van der Waals surface area contributed by atoms with Crippen LogP contribution >= 0.6 is 11.6 Å². The molecule has 2 N–H and O–H groups in total. The fourth-order valence-corrected chi connectivity index (χ4v) is 6.67. The molecule has 0 spiro atoms. The summed E-state index contributed by atoms with van der Waals surface area (Å²) >= 11 is 6.40. The standard InChI is InChI=1S/C23H34ClN3O4S/c1-5-27(18-6-8-32(30,31)9-7-18)21-12-17(24)11-19(16(21)4)22(28)25-13-20-14(2)10-15(3)26-23(20)29/h11-12,14-15,18,20H,5-10,13H2,1-4H3,(H,25,28)(H,26,29). The van der Waals surface area contributed by atoms with E-state index in [1.807, 2.05) is 33.8 Å². The first-order valence-corrected chi connectivity index (χ1v) is 13.6. The van der Waals surface area contributed by atoms with E-state index in [2.05, 4.69) is 15.5 Å². The van der Waals surface area contributed by atoms with E-state index < -0.39 is 9.84 Å². The maximum atomic E-state index is 13.1. The third-order valence-corrected chi connectivity index (χ3v) is 8.76. The first-order valence-electron chi connectivity index (χ1n) is 11.4. The second-order valence-electron chi connectivity index (χ2n) is 9.21. The van der Waals surface area contributed by atoms with Crippen LogP contribution < -0.4 is 15.5 Å². The van der Waals surface area contributed by atoms with Crippen molar-refractivity contribution >= 4 is 38.9 Å². The molecule has 178 valence electrons. The minimum absolute atomic E-state index is 0.0236. The number of nitrogens with zero attached hydrogens (tertiary/aromatic N) is 1. The van der Waals surface area contributed by atoms with E-state index in [9.17, 15) is 18.0 Å². The van der Waals surface area contributed by atoms with Gasteiger partial charge in [0.1, 0.15) is 9.84 Å². The highest BCUT2D eigenvalue weighted by molar-refractivity contribution is 7.91. The number of carbonyl (C=O) groups is 2. The zero-order chi connectivity index (χ0) is 23.6. The summed E-state index contributed by atoms with van der Waals surface area (Å²) in [5.74, 6) is 0.0123. The summed E-state index contributed by atoms with van der Waals surface area (Å²) in [5.41, 5.74) is 2.13. The van der Waals surface area contributed by atoms with Crippen molar-refractivity contribution < 1.29 is 18.0 Å². The number of halogens is 1. The number of carbonyl (C=O) groups excluding carboxylic acids is 2. The van der Waals surface area contributed by atoms with Gasteiger partial charge in [0, 0.05) is 41.4 Å². The monoisotopic (exact) mass is 483 g/mol. The van der Waals surface area contributed by atoms with Crippen molar-refractivity contribution in [1.29, 1.82) is 0 Å². The van der Waals surface area contributed by atoms with Gasteiger partial charge in [0.25, 0.3) is 5.91 Å². The van der Waals surface area contributed by atoms with Crippen LogP contribution in [0, 0.1) is 18.8 Å². The molecule has 0 aliphatic carbocycles. The van der Waals surface area contributed by atoms with Gasteiger partial charge in [-0.3, -0.25) is 9.59 Å². The topological polar surface area (TPSA) is 95.6 Å². The van der Waals surface area contributed by atoms with Gasteiger partial charge in [-0.15, -0.1) is 0 Å². The Hall–Kier alpha value is -1.80. The van der Waals surface area contributed by atoms with Crippen LogP contribution in [-0.4, -0.2) is 56.9 Å². The molecular formula is C23H34ClN3O4S. The molecule has 2 amide bonds. The number of amides is 2. The Morgan fingerprint density at radius 1 is 1.25 bits per heavy atom. The predicted molar refractivity (Wildman–Crippen MR) is 128 cm³/mol. The van der Waals surface area contributed by atoms with Gasteiger partial charge in [0.15, 0.2) is 0 Å². The quantitative estimate of drug-likeness (QED) is 0.648. The lowest BCUT2D eigenvalue weighted by atomic mass is 9.84. The number of benzene rings is 1. The van der Waals surface area contributed by atoms with E-state index in [1.165, 1.54) is 0 Å². The van der Waals surface area contributed by atoms with Gasteiger partial charge in [-0.2, -0.15) is 0 Å². The molecule has 1 aromatic rings. The molecule has 7 nitrogen and oxygen atoms in total. The highest BCUT2D eigenvalue weighted by atomic mass is 35.5. The van der Waals surface area contributed by atoms with Crippen molar-refractivity contribution in [2.24, 2.45) is 11.8 Å². The fourth-order valence-electron chi connectivity index (χ4n) is 4.99. The summed E-state index contributed by atoms with van der Waals surface area (Å²) in [7, 11) is -2.96. The summed E-state index contributed by atoms with van der Waals surface area (Å²) in [6.45, 7) is 8.90. The van der Waals surface area contributed by atoms with Crippen LogP contribution in [0.15, 0.2) is 12.1 Å². The molecular weight excluding hydrogens is 450 g/mol. The average Bonchev–Trinajstić information content (AvgIpc) is 2.70. The molecule has 0 bridgehead atoms. The molecule has 0 aromatic heterocycles. The summed E-state index contributed by atoms with van der Waals surface area (Å²) < 4.78 is 23.7. The lowest BCUT2D eigenvalue weighted by molar-refractivity contribution is -0.129. The van der Waals surface area contributed by atoms with E-state index in [4.69, 9.17) is 11.6 Å². The molecule has 3 atom stereocenters. The van der Waals surface area contributed by atoms with Crippen molar-refractivity contribution in [2.75, 3.05) is 29.5 Å². The minimum atomic E-state index is -2.96. The van der Waals surface area contributed by atoms with Crippen molar-refractivity contribution in [3.8, 4) is 0 Å². The van der Waals surface area contributed by atoms with Crippen LogP contribution in [0.4, 0.5) is 5.69 Å². The van der Waals surface area contributed by atoms with E-state index in [0.29, 0.717) is 30.0 Å². The van der Waals surface area contributed by atoms with Crippen LogP contribution in [0.2, 0.25) is 5.02 Å². The summed E-state index contributed by atoms with van der Waals surface area (Å²) in [5, 5.41) is 6.34. The van der Waals surface area contributed by atoms with Gasteiger partial charge in [-0.1, -0.05) is 18.5 Å². The highest BCUT2D eigenvalue weighted by Crippen LogP contribution is 2.32. The largest absolute Gasteiger partial charge is 0.368 e. The number of anilines is 1. The van der Waals surface area contributed by atoms with Gasteiger partial charge >= 0.3 is 0 Å². The van der Waals surface area contributed by atoms with Crippen molar-refractivity contribution in [3.05, 3.63) is 28.3 Å². The molecule has 2 aliphatic rings. The SMILES string of the molecule is CCN(c1cc(Cl)cc(C(=O)NCC2C(=O)NC(C)CC2C)c1C)C1CCS(=O)(=O)CC1. The first kappa shape index (κ1) is 24.8. The number of hydrogen-bond acceptors (Lipinski definition) is 5. The van der Waals surface area contributed by atoms with E-state index in [0.717, 1.165) is 17.7 Å². The van der Waals surface area contributed by atoms with Crippen molar-refractivity contribution in [2.45, 2.75) is 59.0 Å². The van der Waals surface area contributed by atoms with Crippen molar-refractivity contribution in [1.82, 2.24) is 10.6 Å². The van der Waals surface area contributed by atoms with Gasteiger partial charge in [-0.25, -0.2) is 8.42 Å². The van der Waals surface area contributed by atoms with Gasteiger partial charge in [0.05, 0.1) is 17.4 Å². The molecule has 0 radical (unpaired) electrons. The average molecular weight is 484 g/mol. The molecule has 0 saturated carbocycles. The number of hydrogen-bond donors (Lipinski definition) is 2. The highest BCUT2D eigenvalue weighted by Gasteiger charge is 2.33. The molecule has 2 saturated heterocycles. The Morgan fingerprint density at radius 3 is 2.50 bits per heavy atom. The summed E-state index contributed by atoms with van der Waals surface area (Å²) in [4.78, 5) is 27.6. The molecule has 3 rings (SSSR count). The number of rotatable bonds is 6. The molecule has 9 heteroatoms. The maximum Gasteiger partial charge on any atom is 0.251 e. The smallest absolute Gasteiger partial charge is 0.251 e. The van der Waals surface area contributed by atoms with Crippen LogP contribution in [0.25, 0.3) is 0 Å². The summed E-state index contributed by atoms with van der Waals surface area (Å²) in [6, 6.07) is 3.74. The molecule has 2 fully saturated rings. The Morgan fingerprint density at radius 2 is 1.91 bits per heavy atom. The van der Waals surface area contributed by atoms with Crippen molar-refractivity contribution in [3.63, 3.8) is 0 Å². The fraction of sp³-hybridized carbons (Fsp3) is 0.652. The third kappa shape index (κ3) is 5.57. The molecule has 1 aromatic carbocycles. The first-order chi connectivity index (χ1) is 15.0. The van der Waals surface area contributed by atoms with Crippen LogP contribution in [0.5, 0.6) is 0 Å². The Labute approximate surface area is 196 Å². The number of nitrogens with one attached hydrogen (secondary N) is 2. The zero-order valence-corrected chi connectivity index (χ0v) is 20.9. The van der Waals surface area contributed by atoms with E-state index in [-0.39, 0.29) is 53.8 Å². The Kier molecular flexibility index (Phi) is 7.76. The zero-order valence-electron chi connectivity index (χ0n) is 19.3. The van der Waals surface area contributed by atoms with Gasteiger partial charge in [-0.05, 0) is 63.6 Å². The van der Waals surface area contributed by atoms with Gasteiger partial charge < -0.3 is 15.5 Å². The molecule has 3 unspecified atom stereocenters. The third-order valence-electron chi connectivity index (χ3n) is 6.82. The molecule has 2 heterocycles. The van der Waals surface area contributed by atoms with Gasteiger partial charge in [0.2, 0.25) is 5.91 Å². The van der Waals surface area contributed by atoms with Crippen LogP contribution in [-0.2, 0) is 14.6 Å². The van der Waals surface area contributed by atoms with E-state index in [1.54, 1.807) is 6.07 Å². The number of sulfone groups is 1. The lowest BCUT2D eigenvalue weighted by Crippen LogP contribution is -2.50. The lowest BCUT2D eigenvalue weighted by Gasteiger charge is -2.36. The molecule has 32 heavy (non-hydrogen) atoms. The predicted octanol–water partition coefficient (Wildman–Crippen LogP) is 2.94. The summed E-state index contributed by atoms with van der Waals surface area (Å²) in [6.07, 6.45) is 2.02. The van der Waals surface area contributed by atoms with Crippen LogP contribution in [0.1, 0.15) is 56.0 Å². The maximum absolute atomic E-state index is 13.1. The molecule has 2 aliphatic heterocycles. The Balaban J connectivity index is 1.78. The minimum Gasteiger partial charge on any atom is -0.368 e. The second kappa shape index (κ2) is 10.00.